The summed E-state index contributed by atoms with van der Waals surface area (Å²) in [4.78, 5) is 26.6. The lowest BCUT2D eigenvalue weighted by molar-refractivity contribution is 0.0731. The summed E-state index contributed by atoms with van der Waals surface area (Å²) in [5.74, 6) is 0.113. The molecular formula is C29H28O5. The Labute approximate surface area is 199 Å². The van der Waals surface area contributed by atoms with Crippen LogP contribution in [0, 0.1) is 13.8 Å². The predicted octanol–water partition coefficient (Wildman–Crippen LogP) is 6.60. The number of hydrogen-bond acceptors (Lipinski definition) is 5. The minimum atomic E-state index is -0.619. The molecule has 0 saturated heterocycles. The molecule has 0 fully saturated rings. The molecule has 0 aliphatic rings. The van der Waals surface area contributed by atoms with Gasteiger partial charge in [0.25, 0.3) is 0 Å². The number of hydrogen-bond donors (Lipinski definition) is 0. The Morgan fingerprint density at radius 3 is 2.15 bits per heavy atom. The second-order valence-electron chi connectivity index (χ2n) is 9.49. The lowest BCUT2D eigenvalue weighted by atomic mass is 9.87. The van der Waals surface area contributed by atoms with Crippen LogP contribution in [-0.4, -0.2) is 13.1 Å². The molecular weight excluding hydrogens is 428 g/mol. The lowest BCUT2D eigenvalue weighted by Crippen LogP contribution is -2.17. The van der Waals surface area contributed by atoms with Gasteiger partial charge in [0.05, 0.1) is 18.1 Å². The van der Waals surface area contributed by atoms with Crippen molar-refractivity contribution in [1.29, 1.82) is 0 Å². The normalized spacial score (nSPS) is 11.5. The van der Waals surface area contributed by atoms with Gasteiger partial charge < -0.3 is 13.9 Å². The fourth-order valence-corrected chi connectivity index (χ4v) is 3.96. The summed E-state index contributed by atoms with van der Waals surface area (Å²) in [5, 5.41) is 0.397. The monoisotopic (exact) mass is 456 g/mol. The van der Waals surface area contributed by atoms with Crippen molar-refractivity contribution in [1.82, 2.24) is 0 Å². The number of aryl methyl sites for hydroxylation is 2. The average Bonchev–Trinajstić information content (AvgIpc) is 2.79. The minimum Gasteiger partial charge on any atom is -0.497 e. The van der Waals surface area contributed by atoms with Crippen LogP contribution in [0.25, 0.3) is 22.3 Å². The summed E-state index contributed by atoms with van der Waals surface area (Å²) in [6.45, 7) is 10.1. The van der Waals surface area contributed by atoms with Crippen LogP contribution in [-0.2, 0) is 5.41 Å². The number of benzene rings is 3. The smallest absolute Gasteiger partial charge is 0.343 e. The van der Waals surface area contributed by atoms with Gasteiger partial charge in [-0.15, -0.1) is 0 Å². The highest BCUT2D eigenvalue weighted by molar-refractivity contribution is 5.93. The number of carbonyl (C=O) groups is 1. The summed E-state index contributed by atoms with van der Waals surface area (Å²) < 4.78 is 17.1. The van der Waals surface area contributed by atoms with E-state index in [1.54, 1.807) is 43.5 Å². The Hall–Kier alpha value is -3.86. The molecule has 0 radical (unpaired) electrons. The maximum atomic E-state index is 13.6. The summed E-state index contributed by atoms with van der Waals surface area (Å²) >= 11 is 0. The van der Waals surface area contributed by atoms with Gasteiger partial charge in [0.15, 0.2) is 5.76 Å². The first-order chi connectivity index (χ1) is 16.1. The van der Waals surface area contributed by atoms with E-state index in [1.807, 2.05) is 38.1 Å². The molecule has 174 valence electrons. The molecule has 4 aromatic rings. The molecule has 0 amide bonds. The summed E-state index contributed by atoms with van der Waals surface area (Å²) in [6.07, 6.45) is 0. The van der Waals surface area contributed by atoms with Crippen LogP contribution in [0.3, 0.4) is 0 Å². The molecule has 5 nitrogen and oxygen atoms in total. The molecule has 1 heterocycles. The van der Waals surface area contributed by atoms with Crippen LogP contribution in [0.1, 0.15) is 47.8 Å². The van der Waals surface area contributed by atoms with Crippen molar-refractivity contribution in [3.8, 4) is 22.8 Å². The van der Waals surface area contributed by atoms with E-state index in [2.05, 4.69) is 20.8 Å². The van der Waals surface area contributed by atoms with Crippen molar-refractivity contribution < 1.29 is 18.7 Å². The first-order valence-corrected chi connectivity index (χ1v) is 11.1. The summed E-state index contributed by atoms with van der Waals surface area (Å²) in [7, 11) is 1.58. The zero-order chi connectivity index (χ0) is 24.6. The third kappa shape index (κ3) is 4.46. The van der Waals surface area contributed by atoms with Crippen molar-refractivity contribution in [3.63, 3.8) is 0 Å². The van der Waals surface area contributed by atoms with Gasteiger partial charge in [-0.1, -0.05) is 39.0 Å². The van der Waals surface area contributed by atoms with Crippen LogP contribution in [0.5, 0.6) is 11.5 Å². The Bertz CT molecular complexity index is 1420. The highest BCUT2D eigenvalue weighted by Gasteiger charge is 2.23. The zero-order valence-corrected chi connectivity index (χ0v) is 20.3. The van der Waals surface area contributed by atoms with Gasteiger partial charge in [0.1, 0.15) is 11.3 Å². The summed E-state index contributed by atoms with van der Waals surface area (Å²) in [6, 6.07) is 18.0. The Morgan fingerprint density at radius 2 is 1.56 bits per heavy atom. The standard InChI is InChI=1S/C29H28O5/c1-17-15-18(2)24-23(16-17)33-26(19-9-13-22(32-6)14-10-19)27(25(24)30)34-28(31)20-7-11-21(12-8-20)29(3,4)5/h7-16H,1-6H3. The van der Waals surface area contributed by atoms with E-state index in [-0.39, 0.29) is 22.4 Å². The highest BCUT2D eigenvalue weighted by atomic mass is 16.5. The maximum Gasteiger partial charge on any atom is 0.343 e. The zero-order valence-electron chi connectivity index (χ0n) is 20.3. The van der Waals surface area contributed by atoms with Crippen molar-refractivity contribution in [2.75, 3.05) is 7.11 Å². The van der Waals surface area contributed by atoms with Crippen LogP contribution >= 0.6 is 0 Å². The second kappa shape index (κ2) is 8.82. The molecule has 0 unspecified atom stereocenters. The van der Waals surface area contributed by atoms with Gasteiger partial charge >= 0.3 is 5.97 Å². The van der Waals surface area contributed by atoms with Gasteiger partial charge in [-0.05, 0) is 78.4 Å². The van der Waals surface area contributed by atoms with E-state index in [4.69, 9.17) is 13.9 Å². The Balaban J connectivity index is 1.85. The summed E-state index contributed by atoms with van der Waals surface area (Å²) in [5.41, 5.74) is 3.80. The van der Waals surface area contributed by atoms with Crippen LogP contribution in [0.4, 0.5) is 0 Å². The molecule has 0 N–H and O–H groups in total. The lowest BCUT2D eigenvalue weighted by Gasteiger charge is -2.19. The molecule has 0 saturated carbocycles. The molecule has 3 aromatic carbocycles. The van der Waals surface area contributed by atoms with Crippen molar-refractivity contribution in [2.24, 2.45) is 0 Å². The Morgan fingerprint density at radius 1 is 0.912 bits per heavy atom. The minimum absolute atomic E-state index is 0.0426. The number of ether oxygens (including phenoxy) is 2. The Kier molecular flexibility index (Phi) is 6.05. The van der Waals surface area contributed by atoms with Crippen LogP contribution in [0.15, 0.2) is 69.9 Å². The van der Waals surface area contributed by atoms with E-state index in [1.165, 1.54) is 0 Å². The number of rotatable bonds is 4. The van der Waals surface area contributed by atoms with Crippen molar-refractivity contribution in [3.05, 3.63) is 93.1 Å². The van der Waals surface area contributed by atoms with Gasteiger partial charge in [0, 0.05) is 5.56 Å². The first kappa shape index (κ1) is 23.3. The van der Waals surface area contributed by atoms with E-state index >= 15 is 0 Å². The third-order valence-corrected chi connectivity index (χ3v) is 5.83. The SMILES string of the molecule is COc1ccc(-c2oc3cc(C)cc(C)c3c(=O)c2OC(=O)c2ccc(C(C)(C)C)cc2)cc1. The number of esters is 1. The topological polar surface area (TPSA) is 65.7 Å². The largest absolute Gasteiger partial charge is 0.497 e. The van der Waals surface area contributed by atoms with Gasteiger partial charge in [-0.3, -0.25) is 4.79 Å². The molecule has 0 aliphatic heterocycles. The molecule has 0 bridgehead atoms. The van der Waals surface area contributed by atoms with E-state index in [0.717, 1.165) is 16.7 Å². The molecule has 5 heteroatoms. The molecule has 0 aliphatic carbocycles. The fraction of sp³-hybridized carbons (Fsp3) is 0.241. The molecule has 1 aromatic heterocycles. The molecule has 4 rings (SSSR count). The van der Waals surface area contributed by atoms with Crippen LogP contribution < -0.4 is 14.9 Å². The van der Waals surface area contributed by atoms with E-state index in [0.29, 0.717) is 27.8 Å². The molecule has 34 heavy (non-hydrogen) atoms. The van der Waals surface area contributed by atoms with E-state index in [9.17, 15) is 9.59 Å². The predicted molar refractivity (Wildman–Crippen MR) is 134 cm³/mol. The van der Waals surface area contributed by atoms with E-state index < -0.39 is 5.97 Å². The number of methoxy groups -OCH3 is 1. The highest BCUT2D eigenvalue weighted by Crippen LogP contribution is 2.34. The van der Waals surface area contributed by atoms with Gasteiger partial charge in [-0.2, -0.15) is 0 Å². The maximum absolute atomic E-state index is 13.6. The average molecular weight is 457 g/mol. The molecule has 0 atom stereocenters. The number of carbonyl (C=O) groups excluding carboxylic acids is 1. The molecule has 0 spiro atoms. The quantitative estimate of drug-likeness (QED) is 0.324. The van der Waals surface area contributed by atoms with Gasteiger partial charge in [0.2, 0.25) is 11.2 Å². The van der Waals surface area contributed by atoms with Crippen molar-refractivity contribution >= 4 is 16.9 Å². The van der Waals surface area contributed by atoms with Crippen LogP contribution in [0.2, 0.25) is 0 Å². The van der Waals surface area contributed by atoms with Crippen molar-refractivity contribution in [2.45, 2.75) is 40.0 Å². The second-order valence-corrected chi connectivity index (χ2v) is 9.49. The fourth-order valence-electron chi connectivity index (χ4n) is 3.96. The third-order valence-electron chi connectivity index (χ3n) is 5.83. The number of fused-ring (bicyclic) bond motifs is 1. The van der Waals surface area contributed by atoms with Gasteiger partial charge in [-0.25, -0.2) is 4.79 Å². The first-order valence-electron chi connectivity index (χ1n) is 11.1.